The van der Waals surface area contributed by atoms with Crippen molar-refractivity contribution in [1.82, 2.24) is 20.2 Å². The van der Waals surface area contributed by atoms with Gasteiger partial charge >= 0.3 is 12.1 Å². The maximum Gasteiger partial charge on any atom is 0.490 e. The second-order valence-corrected chi connectivity index (χ2v) is 8.30. The van der Waals surface area contributed by atoms with Crippen LogP contribution in [0.4, 0.5) is 42.3 Å². The molecule has 0 amide bonds. The van der Waals surface area contributed by atoms with Gasteiger partial charge in [0.05, 0.1) is 0 Å². The van der Waals surface area contributed by atoms with Crippen LogP contribution in [0.1, 0.15) is 42.5 Å². The zero-order chi connectivity index (χ0) is 26.4. The van der Waals surface area contributed by atoms with Crippen molar-refractivity contribution in [3.8, 4) is 6.07 Å². The van der Waals surface area contributed by atoms with Crippen molar-refractivity contribution >= 4 is 35.1 Å². The maximum atomic E-state index is 12.5. The Labute approximate surface area is 209 Å². The number of nitrogens with one attached hydrogen (secondary N) is 4. The number of nitriles is 1. The quantitative estimate of drug-likeness (QED) is 0.186. The van der Waals surface area contributed by atoms with Crippen LogP contribution in [0.2, 0.25) is 0 Å². The van der Waals surface area contributed by atoms with Crippen molar-refractivity contribution in [2.24, 2.45) is 5.73 Å². The van der Waals surface area contributed by atoms with Gasteiger partial charge in [0, 0.05) is 41.5 Å². The molecular formula is C23H24F3N9O2. The van der Waals surface area contributed by atoms with Crippen LogP contribution in [0.15, 0.2) is 36.4 Å². The predicted octanol–water partition coefficient (Wildman–Crippen LogP) is 4.00. The molecule has 1 fully saturated rings. The molecule has 11 nitrogen and oxygen atoms in total. The van der Waals surface area contributed by atoms with Gasteiger partial charge < -0.3 is 26.4 Å². The fraction of sp³-hybridized carbons (Fsp3) is 0.348. The molecule has 0 aliphatic heterocycles. The zero-order valence-corrected chi connectivity index (χ0v) is 19.5. The molecule has 0 spiro atoms. The normalized spacial score (nSPS) is 13.9. The molecule has 1 aliphatic carbocycles. The summed E-state index contributed by atoms with van der Waals surface area (Å²) in [5.41, 5.74) is 7.20. The first-order valence-electron chi connectivity index (χ1n) is 11.4. The van der Waals surface area contributed by atoms with Crippen molar-refractivity contribution in [1.29, 1.82) is 5.26 Å². The minimum Gasteiger partial charge on any atom is -0.435 e. The number of halogens is 3. The van der Waals surface area contributed by atoms with E-state index in [4.69, 9.17) is 11.0 Å². The van der Waals surface area contributed by atoms with Crippen LogP contribution in [0.3, 0.4) is 0 Å². The van der Waals surface area contributed by atoms with Gasteiger partial charge in [-0.1, -0.05) is 12.1 Å². The standard InChI is InChI=1S/C23H24F3N9O2/c24-23(25,26)21(36)37-17(12-28)14-4-6-15(7-5-14)30-22-32-18(29-9-1-8-27)11-19(33-22)31-20-10-16(34-35-20)13-2-3-13/h4-7,10-11,13,17H,1-3,8-9,27H2,(H4,29,30,31,32,33,34,35). The van der Waals surface area contributed by atoms with Gasteiger partial charge in [-0.2, -0.15) is 33.5 Å². The Morgan fingerprint density at radius 3 is 2.54 bits per heavy atom. The molecule has 1 unspecified atom stereocenters. The number of anilines is 5. The number of hydrogen-bond donors (Lipinski definition) is 5. The Kier molecular flexibility index (Phi) is 7.73. The lowest BCUT2D eigenvalue weighted by molar-refractivity contribution is -0.202. The van der Waals surface area contributed by atoms with Crippen LogP contribution in [-0.4, -0.2) is 45.4 Å². The van der Waals surface area contributed by atoms with E-state index in [-0.39, 0.29) is 11.5 Å². The molecule has 4 rings (SSSR count). The van der Waals surface area contributed by atoms with Crippen LogP contribution >= 0.6 is 0 Å². The van der Waals surface area contributed by atoms with E-state index in [1.165, 1.54) is 24.3 Å². The van der Waals surface area contributed by atoms with E-state index >= 15 is 0 Å². The molecule has 3 aromatic rings. The lowest BCUT2D eigenvalue weighted by Crippen LogP contribution is -2.26. The summed E-state index contributed by atoms with van der Waals surface area (Å²) in [6.45, 7) is 1.11. The fourth-order valence-electron chi connectivity index (χ4n) is 3.32. The number of nitrogens with zero attached hydrogens (tertiary/aromatic N) is 4. The van der Waals surface area contributed by atoms with Crippen molar-refractivity contribution in [2.45, 2.75) is 37.5 Å². The molecule has 0 saturated heterocycles. The Balaban J connectivity index is 1.49. The molecule has 6 N–H and O–H groups in total. The number of hydrogen-bond acceptors (Lipinski definition) is 10. The van der Waals surface area contributed by atoms with E-state index in [2.05, 4.69) is 40.9 Å². The van der Waals surface area contributed by atoms with E-state index in [9.17, 15) is 18.0 Å². The molecule has 1 atom stereocenters. The predicted molar refractivity (Wildman–Crippen MR) is 128 cm³/mol. The van der Waals surface area contributed by atoms with E-state index < -0.39 is 18.2 Å². The van der Waals surface area contributed by atoms with Crippen molar-refractivity contribution < 1.29 is 22.7 Å². The third-order valence-corrected chi connectivity index (χ3v) is 5.33. The monoisotopic (exact) mass is 515 g/mol. The molecular weight excluding hydrogens is 491 g/mol. The number of rotatable bonds is 11. The molecule has 194 valence electrons. The third kappa shape index (κ3) is 7.07. The molecule has 1 saturated carbocycles. The number of carbonyl (C=O) groups excluding carboxylic acids is 1. The first-order chi connectivity index (χ1) is 17.7. The van der Waals surface area contributed by atoms with Gasteiger partial charge in [-0.05, 0) is 37.9 Å². The fourth-order valence-corrected chi connectivity index (χ4v) is 3.32. The van der Waals surface area contributed by atoms with Crippen molar-refractivity contribution in [3.05, 3.63) is 47.7 Å². The number of aromatic amines is 1. The van der Waals surface area contributed by atoms with Gasteiger partial charge in [0.2, 0.25) is 12.1 Å². The number of nitrogens with two attached hydrogens (primary N) is 1. The van der Waals surface area contributed by atoms with Gasteiger partial charge in [0.25, 0.3) is 0 Å². The summed E-state index contributed by atoms with van der Waals surface area (Å²) in [7, 11) is 0. The van der Waals surface area contributed by atoms with Gasteiger partial charge in [-0.3, -0.25) is 5.10 Å². The molecule has 14 heteroatoms. The summed E-state index contributed by atoms with van der Waals surface area (Å²) in [5.74, 6) is -0.0750. The minimum atomic E-state index is -5.20. The molecule has 1 aromatic carbocycles. The number of alkyl halides is 3. The number of benzene rings is 1. The summed E-state index contributed by atoms with van der Waals surface area (Å²) >= 11 is 0. The number of ether oxygens (including phenoxy) is 1. The molecule has 0 bridgehead atoms. The van der Waals surface area contributed by atoms with Gasteiger partial charge in [0.15, 0.2) is 5.82 Å². The summed E-state index contributed by atoms with van der Waals surface area (Å²) in [6, 6.07) is 10.9. The first-order valence-corrected chi connectivity index (χ1v) is 11.4. The highest BCUT2D eigenvalue weighted by Crippen LogP contribution is 2.39. The van der Waals surface area contributed by atoms with E-state index in [1.54, 1.807) is 12.1 Å². The second kappa shape index (κ2) is 11.1. The summed E-state index contributed by atoms with van der Waals surface area (Å²) in [4.78, 5) is 20.0. The largest absolute Gasteiger partial charge is 0.490 e. The molecule has 0 radical (unpaired) electrons. The second-order valence-electron chi connectivity index (χ2n) is 8.30. The summed E-state index contributed by atoms with van der Waals surface area (Å²) in [6.07, 6.45) is -3.90. The van der Waals surface area contributed by atoms with E-state index in [1.807, 2.05) is 6.07 Å². The van der Waals surface area contributed by atoms with Crippen LogP contribution < -0.4 is 21.7 Å². The zero-order valence-electron chi connectivity index (χ0n) is 19.5. The van der Waals surface area contributed by atoms with Crippen molar-refractivity contribution in [3.63, 3.8) is 0 Å². The van der Waals surface area contributed by atoms with Crippen LogP contribution in [-0.2, 0) is 9.53 Å². The summed E-state index contributed by atoms with van der Waals surface area (Å²) < 4.78 is 41.7. The first kappa shape index (κ1) is 25.7. The number of H-pyrrole nitrogens is 1. The van der Waals surface area contributed by atoms with E-state index in [0.29, 0.717) is 42.1 Å². The number of aromatic nitrogens is 4. The Bertz CT molecular complexity index is 1270. The Morgan fingerprint density at radius 2 is 1.89 bits per heavy atom. The lowest BCUT2D eigenvalue weighted by Gasteiger charge is -2.14. The smallest absolute Gasteiger partial charge is 0.435 e. The number of carbonyl (C=O) groups is 1. The highest BCUT2D eigenvalue weighted by Gasteiger charge is 2.42. The van der Waals surface area contributed by atoms with Crippen LogP contribution in [0.25, 0.3) is 0 Å². The Morgan fingerprint density at radius 1 is 1.16 bits per heavy atom. The van der Waals surface area contributed by atoms with Crippen molar-refractivity contribution in [2.75, 3.05) is 29.0 Å². The Hall–Kier alpha value is -4.38. The maximum absolute atomic E-state index is 12.5. The minimum absolute atomic E-state index is 0.0797. The number of esters is 1. The van der Waals surface area contributed by atoms with Crippen LogP contribution in [0.5, 0.6) is 0 Å². The topological polar surface area (TPSA) is 167 Å². The third-order valence-electron chi connectivity index (χ3n) is 5.33. The van der Waals surface area contributed by atoms with Gasteiger partial charge in [0.1, 0.15) is 17.7 Å². The molecule has 2 aromatic heterocycles. The molecule has 37 heavy (non-hydrogen) atoms. The summed E-state index contributed by atoms with van der Waals surface area (Å²) in [5, 5.41) is 25.8. The SMILES string of the molecule is N#CC(OC(=O)C(F)(F)F)c1ccc(Nc2nc(NCCCN)cc(Nc3cc(C4CC4)[nH]n3)n2)cc1. The lowest BCUT2D eigenvalue weighted by atomic mass is 10.1. The van der Waals surface area contributed by atoms with Gasteiger partial charge in [-0.15, -0.1) is 0 Å². The van der Waals surface area contributed by atoms with Gasteiger partial charge in [-0.25, -0.2) is 4.79 Å². The molecule has 2 heterocycles. The van der Waals surface area contributed by atoms with E-state index in [0.717, 1.165) is 25.0 Å². The van der Waals surface area contributed by atoms with Crippen LogP contribution in [0, 0.1) is 11.3 Å². The molecule has 1 aliphatic rings. The average molecular weight is 516 g/mol. The average Bonchev–Trinajstić information content (AvgIpc) is 3.61. The highest BCUT2D eigenvalue weighted by atomic mass is 19.4. The highest BCUT2D eigenvalue weighted by molar-refractivity contribution is 5.76.